The smallest absolute Gasteiger partial charge is 0.303 e. The Labute approximate surface area is 177 Å². The maximum Gasteiger partial charge on any atom is 0.303 e. The first-order chi connectivity index (χ1) is 14.0. The zero-order valence-corrected chi connectivity index (χ0v) is 18.5. The molecule has 4 nitrogen and oxygen atoms in total. The van der Waals surface area contributed by atoms with Crippen LogP contribution in [-0.2, 0) is 11.2 Å². The zero-order chi connectivity index (χ0) is 21.0. The normalized spacial score (nSPS) is 18.1. The lowest BCUT2D eigenvalue weighted by Crippen LogP contribution is -2.36. The summed E-state index contributed by atoms with van der Waals surface area (Å²) in [5, 5.41) is 8.65. The van der Waals surface area contributed by atoms with Gasteiger partial charge in [0.25, 0.3) is 0 Å². The minimum atomic E-state index is -0.723. The van der Waals surface area contributed by atoms with E-state index in [1.54, 1.807) is 0 Å². The fourth-order valence-corrected chi connectivity index (χ4v) is 4.03. The van der Waals surface area contributed by atoms with Gasteiger partial charge < -0.3 is 14.6 Å². The molecular weight excluding hydrogens is 364 g/mol. The number of aliphatic carboxylic acids is 1. The van der Waals surface area contributed by atoms with Gasteiger partial charge >= 0.3 is 5.97 Å². The second-order valence-electron chi connectivity index (χ2n) is 8.75. The number of hydrogen-bond donors (Lipinski definition) is 1. The Morgan fingerprint density at radius 3 is 2.55 bits per heavy atom. The number of fused-ring (bicyclic) bond motifs is 1. The van der Waals surface area contributed by atoms with Crippen LogP contribution in [0.1, 0.15) is 103 Å². The minimum absolute atomic E-state index is 0.0388. The molecule has 1 N–H and O–H groups in total. The SMILES string of the molecule is CCCCCCCCCC1(C)CCc2cc(OCCCCCC(=O)O)ccc2O1. The van der Waals surface area contributed by atoms with Crippen LogP contribution in [0, 0.1) is 0 Å². The Balaban J connectivity index is 1.68. The van der Waals surface area contributed by atoms with Gasteiger partial charge in [0.2, 0.25) is 0 Å². The number of ether oxygens (including phenoxy) is 2. The fraction of sp³-hybridized carbons (Fsp3) is 0.720. The van der Waals surface area contributed by atoms with Gasteiger partial charge in [-0.2, -0.15) is 0 Å². The quantitative estimate of drug-likeness (QED) is 0.322. The molecule has 2 rings (SSSR count). The van der Waals surface area contributed by atoms with Crippen LogP contribution < -0.4 is 9.47 Å². The summed E-state index contributed by atoms with van der Waals surface area (Å²) in [5.41, 5.74) is 1.20. The number of aryl methyl sites for hydroxylation is 1. The molecule has 164 valence electrons. The Morgan fingerprint density at radius 1 is 1.07 bits per heavy atom. The van der Waals surface area contributed by atoms with Crippen molar-refractivity contribution in [2.75, 3.05) is 6.61 Å². The standard InChI is InChI=1S/C25H40O4/c1-3-4-5-6-7-8-11-17-25(2)18-16-21-20-22(14-15-23(21)29-25)28-19-12-9-10-13-24(26)27/h14-15,20H,3-13,16-19H2,1-2H3,(H,26,27). The Kier molecular flexibility index (Phi) is 10.4. The molecule has 0 saturated heterocycles. The molecule has 0 bridgehead atoms. The summed E-state index contributed by atoms with van der Waals surface area (Å²) in [7, 11) is 0. The molecule has 1 aliphatic heterocycles. The molecular formula is C25H40O4. The van der Waals surface area contributed by atoms with Crippen LogP contribution in [0.4, 0.5) is 0 Å². The molecule has 1 unspecified atom stereocenters. The summed E-state index contributed by atoms with van der Waals surface area (Å²) in [6.07, 6.45) is 15.3. The molecule has 1 aliphatic rings. The molecule has 0 aromatic heterocycles. The van der Waals surface area contributed by atoms with E-state index in [0.717, 1.165) is 43.6 Å². The highest BCUT2D eigenvalue weighted by molar-refractivity contribution is 5.66. The van der Waals surface area contributed by atoms with Gasteiger partial charge in [-0.25, -0.2) is 0 Å². The molecule has 1 aromatic rings. The van der Waals surface area contributed by atoms with E-state index in [2.05, 4.69) is 26.0 Å². The van der Waals surface area contributed by atoms with Crippen LogP contribution in [0.15, 0.2) is 18.2 Å². The predicted octanol–water partition coefficient (Wildman–Crippen LogP) is 6.93. The highest BCUT2D eigenvalue weighted by atomic mass is 16.5. The second kappa shape index (κ2) is 12.8. The molecule has 0 saturated carbocycles. The van der Waals surface area contributed by atoms with E-state index >= 15 is 0 Å². The summed E-state index contributed by atoms with van der Waals surface area (Å²) < 4.78 is 12.2. The van der Waals surface area contributed by atoms with E-state index in [9.17, 15) is 4.79 Å². The molecule has 0 fully saturated rings. The summed E-state index contributed by atoms with van der Waals surface area (Å²) in [4.78, 5) is 10.5. The van der Waals surface area contributed by atoms with Crippen molar-refractivity contribution in [2.45, 2.75) is 109 Å². The van der Waals surface area contributed by atoms with Crippen LogP contribution in [-0.4, -0.2) is 23.3 Å². The zero-order valence-electron chi connectivity index (χ0n) is 18.5. The van der Waals surface area contributed by atoms with E-state index in [0.29, 0.717) is 13.0 Å². The van der Waals surface area contributed by atoms with Crippen molar-refractivity contribution >= 4 is 5.97 Å². The first-order valence-corrected chi connectivity index (χ1v) is 11.7. The monoisotopic (exact) mass is 404 g/mol. The number of carboxylic acid groups (broad SMARTS) is 1. The van der Waals surface area contributed by atoms with Crippen LogP contribution in [0.25, 0.3) is 0 Å². The summed E-state index contributed by atoms with van der Waals surface area (Å²) in [5.74, 6) is 1.18. The van der Waals surface area contributed by atoms with Crippen molar-refractivity contribution in [3.05, 3.63) is 23.8 Å². The summed E-state index contributed by atoms with van der Waals surface area (Å²) in [6.45, 7) is 5.16. The Morgan fingerprint density at radius 2 is 1.79 bits per heavy atom. The highest BCUT2D eigenvalue weighted by Gasteiger charge is 2.31. The van der Waals surface area contributed by atoms with Gasteiger partial charge in [0.15, 0.2) is 0 Å². The summed E-state index contributed by atoms with van der Waals surface area (Å²) >= 11 is 0. The van der Waals surface area contributed by atoms with Crippen LogP contribution in [0.5, 0.6) is 11.5 Å². The minimum Gasteiger partial charge on any atom is -0.494 e. The van der Waals surface area contributed by atoms with E-state index < -0.39 is 5.97 Å². The van der Waals surface area contributed by atoms with Crippen molar-refractivity contribution in [1.82, 2.24) is 0 Å². The number of rotatable bonds is 15. The topological polar surface area (TPSA) is 55.8 Å². The fourth-order valence-electron chi connectivity index (χ4n) is 4.03. The van der Waals surface area contributed by atoms with Crippen molar-refractivity contribution in [3.8, 4) is 11.5 Å². The van der Waals surface area contributed by atoms with Crippen LogP contribution in [0.2, 0.25) is 0 Å². The number of carboxylic acids is 1. The van der Waals surface area contributed by atoms with Crippen LogP contribution in [0.3, 0.4) is 0 Å². The molecule has 0 amide bonds. The molecule has 1 heterocycles. The predicted molar refractivity (Wildman–Crippen MR) is 118 cm³/mol. The largest absolute Gasteiger partial charge is 0.494 e. The average molecular weight is 405 g/mol. The lowest BCUT2D eigenvalue weighted by Gasteiger charge is -2.36. The molecule has 0 spiro atoms. The van der Waals surface area contributed by atoms with Gasteiger partial charge in [-0.3, -0.25) is 4.79 Å². The van der Waals surface area contributed by atoms with Crippen molar-refractivity contribution in [3.63, 3.8) is 0 Å². The lowest BCUT2D eigenvalue weighted by molar-refractivity contribution is -0.137. The first kappa shape index (κ1) is 23.6. The van der Waals surface area contributed by atoms with E-state index in [-0.39, 0.29) is 12.0 Å². The molecule has 1 atom stereocenters. The van der Waals surface area contributed by atoms with Gasteiger partial charge in [-0.15, -0.1) is 0 Å². The van der Waals surface area contributed by atoms with E-state index in [1.807, 2.05) is 6.07 Å². The number of unbranched alkanes of at least 4 members (excludes halogenated alkanes) is 8. The third-order valence-corrected chi connectivity index (χ3v) is 5.92. The Hall–Kier alpha value is -1.71. The first-order valence-electron chi connectivity index (χ1n) is 11.7. The van der Waals surface area contributed by atoms with Crippen molar-refractivity contribution < 1.29 is 19.4 Å². The molecule has 0 aliphatic carbocycles. The third-order valence-electron chi connectivity index (χ3n) is 5.92. The van der Waals surface area contributed by atoms with Gasteiger partial charge in [0.1, 0.15) is 17.1 Å². The van der Waals surface area contributed by atoms with Crippen molar-refractivity contribution in [1.29, 1.82) is 0 Å². The maximum atomic E-state index is 10.5. The molecule has 1 aromatic carbocycles. The molecule has 4 heteroatoms. The molecule has 0 radical (unpaired) electrons. The summed E-state index contributed by atoms with van der Waals surface area (Å²) in [6, 6.07) is 6.16. The van der Waals surface area contributed by atoms with E-state index in [1.165, 1.54) is 50.5 Å². The Bertz CT molecular complexity index is 613. The number of benzene rings is 1. The lowest BCUT2D eigenvalue weighted by atomic mass is 9.88. The number of carbonyl (C=O) groups is 1. The van der Waals surface area contributed by atoms with E-state index in [4.69, 9.17) is 14.6 Å². The van der Waals surface area contributed by atoms with Gasteiger partial charge in [0, 0.05) is 6.42 Å². The van der Waals surface area contributed by atoms with Gasteiger partial charge in [0.05, 0.1) is 6.61 Å². The third kappa shape index (κ3) is 9.10. The molecule has 29 heavy (non-hydrogen) atoms. The maximum absolute atomic E-state index is 10.5. The second-order valence-corrected chi connectivity index (χ2v) is 8.75. The van der Waals surface area contributed by atoms with Gasteiger partial charge in [-0.05, 0) is 75.6 Å². The number of hydrogen-bond acceptors (Lipinski definition) is 3. The van der Waals surface area contributed by atoms with Gasteiger partial charge in [-0.1, -0.05) is 45.4 Å². The average Bonchev–Trinajstić information content (AvgIpc) is 2.70. The highest BCUT2D eigenvalue weighted by Crippen LogP contribution is 2.37. The van der Waals surface area contributed by atoms with Crippen molar-refractivity contribution in [2.24, 2.45) is 0 Å². The van der Waals surface area contributed by atoms with Crippen LogP contribution >= 0.6 is 0 Å².